The maximum Gasteiger partial charge on any atom is 0.273 e. The zero-order valence-corrected chi connectivity index (χ0v) is 13.1. The molecule has 0 radical (unpaired) electrons. The average molecular weight is 314 g/mol. The molecule has 0 unspecified atom stereocenters. The van der Waals surface area contributed by atoms with Crippen LogP contribution in [-0.4, -0.2) is 51.9 Å². The maximum atomic E-state index is 12.4. The normalized spacial score (nSPS) is 20.3. The van der Waals surface area contributed by atoms with Gasteiger partial charge in [0, 0.05) is 55.9 Å². The van der Waals surface area contributed by atoms with Crippen LogP contribution in [0.2, 0.25) is 0 Å². The fourth-order valence-corrected chi connectivity index (χ4v) is 4.13. The van der Waals surface area contributed by atoms with Gasteiger partial charge in [0.15, 0.2) is 0 Å². The molecule has 4 heterocycles. The Morgan fingerprint density at radius 1 is 1.27 bits per heavy atom. The molecule has 0 aromatic carbocycles. The number of hydrogen-bond donors (Lipinski definition) is 0. The molecule has 2 saturated heterocycles. The van der Waals surface area contributed by atoms with Crippen LogP contribution in [0.25, 0.3) is 0 Å². The summed E-state index contributed by atoms with van der Waals surface area (Å²) in [5, 5.41) is 1.84. The lowest BCUT2D eigenvalue weighted by Gasteiger charge is -2.48. The summed E-state index contributed by atoms with van der Waals surface area (Å²) in [6.45, 7) is 4.87. The predicted molar refractivity (Wildman–Crippen MR) is 84.6 cm³/mol. The van der Waals surface area contributed by atoms with E-state index in [4.69, 9.17) is 0 Å². The zero-order chi connectivity index (χ0) is 15.0. The van der Waals surface area contributed by atoms with Gasteiger partial charge >= 0.3 is 0 Å². The van der Waals surface area contributed by atoms with E-state index in [0.29, 0.717) is 11.1 Å². The van der Waals surface area contributed by atoms with Gasteiger partial charge in [0.05, 0.1) is 5.51 Å². The first-order valence-corrected chi connectivity index (χ1v) is 8.47. The lowest BCUT2D eigenvalue weighted by atomic mass is 9.79. The predicted octanol–water partition coefficient (Wildman–Crippen LogP) is 1.89. The molecule has 2 aromatic heterocycles. The number of thiazole rings is 1. The Labute approximate surface area is 133 Å². The van der Waals surface area contributed by atoms with E-state index in [-0.39, 0.29) is 5.91 Å². The van der Waals surface area contributed by atoms with Gasteiger partial charge in [-0.2, -0.15) is 0 Å². The quantitative estimate of drug-likeness (QED) is 0.868. The standard InChI is InChI=1S/C16H18N4OS/c21-15(14-8-22-12-18-14)20-6-3-16(11-20)9-19(10-16)7-13-1-4-17-5-2-13/h1-2,4-5,8,12H,3,6-7,9-11H2. The SMILES string of the molecule is O=C(c1cscn1)N1CCC2(CN(Cc3ccncc3)C2)C1. The lowest BCUT2D eigenvalue weighted by molar-refractivity contribution is 0.00255. The summed E-state index contributed by atoms with van der Waals surface area (Å²) in [5.74, 6) is 0.0886. The average Bonchev–Trinajstić information content (AvgIpc) is 3.17. The fourth-order valence-electron chi connectivity index (χ4n) is 3.61. The van der Waals surface area contributed by atoms with Crippen LogP contribution in [0, 0.1) is 5.41 Å². The molecule has 0 saturated carbocycles. The van der Waals surface area contributed by atoms with Gasteiger partial charge in [0.1, 0.15) is 5.69 Å². The van der Waals surface area contributed by atoms with Gasteiger partial charge in [0.2, 0.25) is 0 Å². The van der Waals surface area contributed by atoms with E-state index in [2.05, 4.69) is 27.0 Å². The Hall–Kier alpha value is -1.79. The van der Waals surface area contributed by atoms with Crippen LogP contribution in [0.15, 0.2) is 35.4 Å². The Morgan fingerprint density at radius 2 is 2.09 bits per heavy atom. The third kappa shape index (κ3) is 2.53. The number of aromatic nitrogens is 2. The summed E-state index contributed by atoms with van der Waals surface area (Å²) < 4.78 is 0. The molecule has 2 fully saturated rings. The largest absolute Gasteiger partial charge is 0.337 e. The van der Waals surface area contributed by atoms with Crippen molar-refractivity contribution in [2.75, 3.05) is 26.2 Å². The highest BCUT2D eigenvalue weighted by Crippen LogP contribution is 2.40. The molecule has 0 atom stereocenters. The zero-order valence-electron chi connectivity index (χ0n) is 12.3. The Bertz CT molecular complexity index is 652. The number of likely N-dealkylation sites (tertiary alicyclic amines) is 2. The molecule has 0 bridgehead atoms. The summed E-state index contributed by atoms with van der Waals surface area (Å²) in [6.07, 6.45) is 4.79. The number of nitrogens with zero attached hydrogens (tertiary/aromatic N) is 4. The topological polar surface area (TPSA) is 49.3 Å². The van der Waals surface area contributed by atoms with Crippen LogP contribution in [0.4, 0.5) is 0 Å². The van der Waals surface area contributed by atoms with E-state index < -0.39 is 0 Å². The monoisotopic (exact) mass is 314 g/mol. The highest BCUT2D eigenvalue weighted by Gasteiger charge is 2.48. The first-order chi connectivity index (χ1) is 10.7. The number of hydrogen-bond acceptors (Lipinski definition) is 5. The van der Waals surface area contributed by atoms with Gasteiger partial charge in [-0.25, -0.2) is 4.98 Å². The van der Waals surface area contributed by atoms with Crippen molar-refractivity contribution >= 4 is 17.2 Å². The smallest absolute Gasteiger partial charge is 0.273 e. The minimum Gasteiger partial charge on any atom is -0.337 e. The molecule has 114 valence electrons. The number of amides is 1. The van der Waals surface area contributed by atoms with Crippen LogP contribution >= 0.6 is 11.3 Å². The molecule has 0 N–H and O–H groups in total. The van der Waals surface area contributed by atoms with Crippen molar-refractivity contribution in [3.05, 3.63) is 46.7 Å². The molecule has 1 amide bonds. The minimum absolute atomic E-state index is 0.0886. The number of rotatable bonds is 3. The first-order valence-electron chi connectivity index (χ1n) is 7.53. The van der Waals surface area contributed by atoms with E-state index in [1.807, 2.05) is 22.7 Å². The summed E-state index contributed by atoms with van der Waals surface area (Å²) in [5.41, 5.74) is 3.92. The molecule has 2 aliphatic rings. The molecule has 0 aliphatic carbocycles. The highest BCUT2D eigenvalue weighted by atomic mass is 32.1. The lowest BCUT2D eigenvalue weighted by Crippen LogP contribution is -2.57. The number of carbonyl (C=O) groups is 1. The summed E-state index contributed by atoms with van der Waals surface area (Å²) >= 11 is 1.48. The van der Waals surface area contributed by atoms with E-state index in [1.54, 1.807) is 5.51 Å². The third-order valence-corrected chi connectivity index (χ3v) is 5.24. The van der Waals surface area contributed by atoms with Gasteiger partial charge in [-0.1, -0.05) is 0 Å². The summed E-state index contributed by atoms with van der Waals surface area (Å²) in [7, 11) is 0. The van der Waals surface area contributed by atoms with Crippen LogP contribution in [0.5, 0.6) is 0 Å². The third-order valence-electron chi connectivity index (χ3n) is 4.65. The Morgan fingerprint density at radius 3 is 2.82 bits per heavy atom. The van der Waals surface area contributed by atoms with Crippen molar-refractivity contribution in [2.24, 2.45) is 5.41 Å². The maximum absolute atomic E-state index is 12.4. The van der Waals surface area contributed by atoms with Gasteiger partial charge in [-0.3, -0.25) is 14.7 Å². The molecule has 1 spiro atoms. The van der Waals surface area contributed by atoms with Gasteiger partial charge in [0.25, 0.3) is 5.91 Å². The molecule has 6 heteroatoms. The Kier molecular flexibility index (Phi) is 3.43. The van der Waals surface area contributed by atoms with Crippen molar-refractivity contribution in [3.8, 4) is 0 Å². The Balaban J connectivity index is 1.33. The van der Waals surface area contributed by atoms with E-state index >= 15 is 0 Å². The minimum atomic E-state index is 0.0886. The first kappa shape index (κ1) is 13.8. The molecule has 5 nitrogen and oxygen atoms in total. The number of pyridine rings is 1. The molecular formula is C16H18N4OS. The van der Waals surface area contributed by atoms with Gasteiger partial charge in [-0.05, 0) is 24.1 Å². The fraction of sp³-hybridized carbons (Fsp3) is 0.438. The van der Waals surface area contributed by atoms with Crippen molar-refractivity contribution in [1.29, 1.82) is 0 Å². The van der Waals surface area contributed by atoms with Crippen molar-refractivity contribution in [2.45, 2.75) is 13.0 Å². The molecule has 4 rings (SSSR count). The molecular weight excluding hydrogens is 296 g/mol. The van der Waals surface area contributed by atoms with Crippen molar-refractivity contribution in [1.82, 2.24) is 19.8 Å². The second kappa shape index (κ2) is 5.44. The second-order valence-corrected chi connectivity index (χ2v) is 7.07. The van der Waals surface area contributed by atoms with Crippen LogP contribution < -0.4 is 0 Å². The molecule has 2 aliphatic heterocycles. The van der Waals surface area contributed by atoms with Gasteiger partial charge < -0.3 is 4.90 Å². The van der Waals surface area contributed by atoms with Crippen LogP contribution in [-0.2, 0) is 6.54 Å². The van der Waals surface area contributed by atoms with Crippen molar-refractivity contribution < 1.29 is 4.79 Å². The summed E-state index contributed by atoms with van der Waals surface area (Å²) in [6, 6.07) is 4.13. The molecule has 22 heavy (non-hydrogen) atoms. The van der Waals surface area contributed by atoms with Gasteiger partial charge in [-0.15, -0.1) is 11.3 Å². The van der Waals surface area contributed by atoms with Crippen molar-refractivity contribution in [3.63, 3.8) is 0 Å². The van der Waals surface area contributed by atoms with E-state index in [9.17, 15) is 4.79 Å². The highest BCUT2D eigenvalue weighted by molar-refractivity contribution is 7.07. The van der Waals surface area contributed by atoms with E-state index in [1.165, 1.54) is 16.9 Å². The van der Waals surface area contributed by atoms with Crippen LogP contribution in [0.3, 0.4) is 0 Å². The molecule has 2 aromatic rings. The summed E-state index contributed by atoms with van der Waals surface area (Å²) in [4.78, 5) is 25.0. The van der Waals surface area contributed by atoms with Crippen LogP contribution in [0.1, 0.15) is 22.5 Å². The second-order valence-electron chi connectivity index (χ2n) is 6.35. The number of carbonyl (C=O) groups excluding carboxylic acids is 1. The van der Waals surface area contributed by atoms with E-state index in [0.717, 1.165) is 39.1 Å².